The summed E-state index contributed by atoms with van der Waals surface area (Å²) in [7, 11) is 0. The van der Waals surface area contributed by atoms with Crippen molar-refractivity contribution < 1.29 is 0 Å². The molecule has 2 nitrogen and oxygen atoms in total. The van der Waals surface area contributed by atoms with Gasteiger partial charge in [-0.1, -0.05) is 36.4 Å². The highest BCUT2D eigenvalue weighted by molar-refractivity contribution is 5.47. The van der Waals surface area contributed by atoms with Gasteiger partial charge in [0.25, 0.3) is 0 Å². The first-order valence-electron chi connectivity index (χ1n) is 6.48. The zero-order valence-corrected chi connectivity index (χ0v) is 10.4. The van der Waals surface area contributed by atoms with Crippen LogP contribution in [-0.2, 0) is 12.8 Å². The summed E-state index contributed by atoms with van der Waals surface area (Å²) in [5.74, 6) is 0. The molecule has 1 unspecified atom stereocenters. The van der Waals surface area contributed by atoms with Gasteiger partial charge in [0.15, 0.2) is 0 Å². The Balaban J connectivity index is 1.87. The molecule has 0 amide bonds. The second kappa shape index (κ2) is 4.83. The van der Waals surface area contributed by atoms with Crippen molar-refractivity contribution in [2.45, 2.75) is 18.9 Å². The van der Waals surface area contributed by atoms with Gasteiger partial charge in [0.05, 0.1) is 0 Å². The Hall–Kier alpha value is -1.80. The average molecular weight is 238 g/mol. The molecule has 0 aliphatic carbocycles. The zero-order valence-electron chi connectivity index (χ0n) is 10.4. The van der Waals surface area contributed by atoms with Crippen LogP contribution in [0.1, 0.15) is 22.7 Å². The van der Waals surface area contributed by atoms with E-state index in [-0.39, 0.29) is 0 Å². The van der Waals surface area contributed by atoms with Gasteiger partial charge in [-0.15, -0.1) is 0 Å². The Kier molecular flexibility index (Phi) is 3.03. The maximum Gasteiger partial charge on any atom is 0.0363 e. The first kappa shape index (κ1) is 11.3. The van der Waals surface area contributed by atoms with Gasteiger partial charge in [0.2, 0.25) is 0 Å². The molecule has 1 aliphatic heterocycles. The minimum Gasteiger partial charge on any atom is -0.399 e. The number of rotatable bonds is 2. The molecular weight excluding hydrogens is 220 g/mol. The number of hydrogen-bond donors (Lipinski definition) is 2. The summed E-state index contributed by atoms with van der Waals surface area (Å²) >= 11 is 0. The molecule has 18 heavy (non-hydrogen) atoms. The van der Waals surface area contributed by atoms with Crippen LogP contribution >= 0.6 is 0 Å². The maximum absolute atomic E-state index is 5.86. The highest BCUT2D eigenvalue weighted by Crippen LogP contribution is 2.27. The molecule has 2 aromatic rings. The lowest BCUT2D eigenvalue weighted by Crippen LogP contribution is -2.31. The van der Waals surface area contributed by atoms with Crippen molar-refractivity contribution in [3.63, 3.8) is 0 Å². The summed E-state index contributed by atoms with van der Waals surface area (Å²) in [4.78, 5) is 0. The van der Waals surface area contributed by atoms with Crippen LogP contribution in [0.4, 0.5) is 5.69 Å². The van der Waals surface area contributed by atoms with Crippen molar-refractivity contribution in [2.24, 2.45) is 0 Å². The van der Waals surface area contributed by atoms with E-state index >= 15 is 0 Å². The predicted octanol–water partition coefficient (Wildman–Crippen LogP) is 2.70. The Morgan fingerprint density at radius 3 is 2.78 bits per heavy atom. The summed E-state index contributed by atoms with van der Waals surface area (Å²) in [6.45, 7) is 1.04. The van der Waals surface area contributed by atoms with Crippen LogP contribution in [0.25, 0.3) is 0 Å². The fourth-order valence-corrected chi connectivity index (χ4v) is 2.71. The number of benzene rings is 2. The summed E-state index contributed by atoms with van der Waals surface area (Å²) in [6, 6.07) is 17.3. The molecule has 3 rings (SSSR count). The summed E-state index contributed by atoms with van der Waals surface area (Å²) in [5.41, 5.74) is 10.9. The molecule has 3 N–H and O–H groups in total. The van der Waals surface area contributed by atoms with Crippen LogP contribution in [0.2, 0.25) is 0 Å². The van der Waals surface area contributed by atoms with E-state index in [4.69, 9.17) is 5.73 Å². The molecule has 0 bridgehead atoms. The van der Waals surface area contributed by atoms with Gasteiger partial charge in [-0.2, -0.15) is 0 Å². The SMILES string of the molecule is Nc1ccc2c(c1)CCNC2Cc1ccccc1. The number of nitrogens with two attached hydrogens (primary N) is 1. The molecule has 0 radical (unpaired) electrons. The van der Waals surface area contributed by atoms with E-state index in [1.807, 2.05) is 6.07 Å². The molecule has 1 atom stereocenters. The average Bonchev–Trinajstić information content (AvgIpc) is 2.40. The minimum absolute atomic E-state index is 0.414. The van der Waals surface area contributed by atoms with Gasteiger partial charge >= 0.3 is 0 Å². The summed E-state index contributed by atoms with van der Waals surface area (Å²) in [6.07, 6.45) is 2.11. The maximum atomic E-state index is 5.86. The minimum atomic E-state index is 0.414. The topological polar surface area (TPSA) is 38.0 Å². The van der Waals surface area contributed by atoms with Crippen LogP contribution < -0.4 is 11.1 Å². The molecule has 0 saturated carbocycles. The van der Waals surface area contributed by atoms with E-state index in [9.17, 15) is 0 Å². The predicted molar refractivity (Wildman–Crippen MR) is 75.4 cm³/mol. The second-order valence-corrected chi connectivity index (χ2v) is 4.90. The molecule has 0 saturated heterocycles. The van der Waals surface area contributed by atoms with Gasteiger partial charge in [-0.3, -0.25) is 0 Å². The van der Waals surface area contributed by atoms with Crippen LogP contribution in [-0.4, -0.2) is 6.54 Å². The number of nitrogen functional groups attached to an aromatic ring is 1. The number of fused-ring (bicyclic) bond motifs is 1. The fraction of sp³-hybridized carbons (Fsp3) is 0.250. The Bertz CT molecular complexity index is 534. The van der Waals surface area contributed by atoms with Crippen LogP contribution in [0, 0.1) is 0 Å². The summed E-state index contributed by atoms with van der Waals surface area (Å²) < 4.78 is 0. The first-order valence-corrected chi connectivity index (χ1v) is 6.48. The molecule has 2 aromatic carbocycles. The van der Waals surface area contributed by atoms with Crippen LogP contribution in [0.15, 0.2) is 48.5 Å². The molecule has 1 aliphatic rings. The summed E-state index contributed by atoms with van der Waals surface area (Å²) in [5, 5.41) is 3.60. The highest BCUT2D eigenvalue weighted by Gasteiger charge is 2.19. The molecule has 1 heterocycles. The second-order valence-electron chi connectivity index (χ2n) is 4.90. The number of anilines is 1. The third-order valence-electron chi connectivity index (χ3n) is 3.61. The lowest BCUT2D eigenvalue weighted by molar-refractivity contribution is 0.503. The number of nitrogens with one attached hydrogen (secondary N) is 1. The molecule has 2 heteroatoms. The fourth-order valence-electron chi connectivity index (χ4n) is 2.71. The number of hydrogen-bond acceptors (Lipinski definition) is 2. The van der Waals surface area contributed by atoms with E-state index in [1.54, 1.807) is 0 Å². The van der Waals surface area contributed by atoms with Crippen molar-refractivity contribution in [1.82, 2.24) is 5.32 Å². The van der Waals surface area contributed by atoms with E-state index in [0.717, 1.165) is 25.1 Å². The Labute approximate surface area is 108 Å². The van der Waals surface area contributed by atoms with E-state index in [2.05, 4.69) is 47.8 Å². The van der Waals surface area contributed by atoms with Crippen molar-refractivity contribution in [3.8, 4) is 0 Å². The Morgan fingerprint density at radius 1 is 1.11 bits per heavy atom. The first-order chi connectivity index (χ1) is 8.83. The molecule has 92 valence electrons. The lowest BCUT2D eigenvalue weighted by atomic mass is 9.90. The molecule has 0 spiro atoms. The third kappa shape index (κ3) is 2.24. The van der Waals surface area contributed by atoms with E-state index in [1.165, 1.54) is 16.7 Å². The smallest absolute Gasteiger partial charge is 0.0363 e. The molecule has 0 fully saturated rings. The van der Waals surface area contributed by atoms with Gasteiger partial charge in [0.1, 0.15) is 0 Å². The van der Waals surface area contributed by atoms with Gasteiger partial charge < -0.3 is 11.1 Å². The largest absolute Gasteiger partial charge is 0.399 e. The van der Waals surface area contributed by atoms with E-state index < -0.39 is 0 Å². The van der Waals surface area contributed by atoms with E-state index in [0.29, 0.717) is 6.04 Å². The molecular formula is C16H18N2. The zero-order chi connectivity index (χ0) is 12.4. The van der Waals surface area contributed by atoms with Crippen molar-refractivity contribution >= 4 is 5.69 Å². The van der Waals surface area contributed by atoms with Gasteiger partial charge in [0, 0.05) is 11.7 Å². The van der Waals surface area contributed by atoms with Crippen LogP contribution in [0.5, 0.6) is 0 Å². The van der Waals surface area contributed by atoms with Crippen molar-refractivity contribution in [1.29, 1.82) is 0 Å². The quantitative estimate of drug-likeness (QED) is 0.789. The van der Waals surface area contributed by atoms with Crippen molar-refractivity contribution in [2.75, 3.05) is 12.3 Å². The van der Waals surface area contributed by atoms with Crippen LogP contribution in [0.3, 0.4) is 0 Å². The third-order valence-corrected chi connectivity index (χ3v) is 3.61. The highest BCUT2D eigenvalue weighted by atomic mass is 14.9. The molecule has 0 aromatic heterocycles. The Morgan fingerprint density at radius 2 is 1.94 bits per heavy atom. The van der Waals surface area contributed by atoms with Gasteiger partial charge in [-0.05, 0) is 48.2 Å². The monoisotopic (exact) mass is 238 g/mol. The normalized spacial score (nSPS) is 18.3. The lowest BCUT2D eigenvalue weighted by Gasteiger charge is -2.27. The van der Waals surface area contributed by atoms with Crippen molar-refractivity contribution in [3.05, 3.63) is 65.2 Å². The van der Waals surface area contributed by atoms with Gasteiger partial charge in [-0.25, -0.2) is 0 Å². The standard InChI is InChI=1S/C16H18N2/c17-14-6-7-15-13(11-14)8-9-18-16(15)10-12-4-2-1-3-5-12/h1-7,11,16,18H,8-10,17H2.